The Morgan fingerprint density at radius 2 is 0.581 bits per heavy atom. The summed E-state index contributed by atoms with van der Waals surface area (Å²) >= 11 is 0. The number of carboxylic acid groups (broad SMARTS) is 1. The van der Waals surface area contributed by atoms with Crippen LogP contribution in [0.15, 0.2) is 48.6 Å². The minimum atomic E-state index is -1.51. The molecule has 1 N–H and O–H groups in total. The van der Waals surface area contributed by atoms with Gasteiger partial charge in [-0.3, -0.25) is 9.59 Å². The van der Waals surface area contributed by atoms with Gasteiger partial charge in [0.25, 0.3) is 6.29 Å². The second kappa shape index (κ2) is 75.0. The lowest BCUT2D eigenvalue weighted by atomic mass is 10.0. The van der Waals surface area contributed by atoms with Crippen LogP contribution in [0.5, 0.6) is 0 Å². The zero-order valence-corrected chi connectivity index (χ0v) is 62.7. The van der Waals surface area contributed by atoms with Gasteiger partial charge in [-0.25, -0.2) is 4.79 Å². The number of likely N-dealkylation sites (N-methyl/N-ethyl adjacent to an activating group) is 1. The standard InChI is InChI=1S/C84H157NO8/c1-6-8-10-12-14-16-18-20-22-24-26-28-30-32-34-36-38-39-40-41-42-43-45-47-49-51-53-55-57-59-61-63-65-67-69-71-73-75-82(87)93-80(79-92-84(83(88)89)90-77-76-85(3,4)5)78-91-81(86)74-72-70-68-66-64-62-60-58-56-54-52-50-48-46-44-37-35-33-31-29-27-25-23-21-19-17-15-13-11-9-7-2/h18,20,24-27,30,32,80,84H,6-17,19,21-23,28-29,31,33-79H2,1-5H3/p+1/b20-18-,26-24-,27-25-,32-30-. The van der Waals surface area contributed by atoms with Crippen LogP contribution in [0.3, 0.4) is 0 Å². The van der Waals surface area contributed by atoms with Gasteiger partial charge in [-0.05, 0) is 77.0 Å². The fourth-order valence-corrected chi connectivity index (χ4v) is 12.3. The maximum Gasteiger partial charge on any atom is 0.361 e. The average molecular weight is 1310 g/mol. The highest BCUT2D eigenvalue weighted by atomic mass is 16.7. The van der Waals surface area contributed by atoms with Crippen LogP contribution < -0.4 is 0 Å². The fourth-order valence-electron chi connectivity index (χ4n) is 12.3. The second-order valence-electron chi connectivity index (χ2n) is 29.1. The molecule has 546 valence electrons. The molecule has 0 aromatic carbocycles. The molecule has 0 aromatic heterocycles. The monoisotopic (exact) mass is 1310 g/mol. The molecule has 0 heterocycles. The number of allylic oxidation sites excluding steroid dienone is 8. The minimum Gasteiger partial charge on any atom is -0.477 e. The third-order valence-corrected chi connectivity index (χ3v) is 18.6. The molecule has 0 spiro atoms. The molecule has 0 rings (SSSR count). The highest BCUT2D eigenvalue weighted by Gasteiger charge is 2.25. The van der Waals surface area contributed by atoms with Crippen molar-refractivity contribution in [2.45, 2.75) is 424 Å². The van der Waals surface area contributed by atoms with E-state index in [0.717, 1.165) is 51.4 Å². The molecule has 0 fully saturated rings. The lowest BCUT2D eigenvalue weighted by molar-refractivity contribution is -0.870. The number of quaternary nitrogens is 1. The number of hydrogen-bond acceptors (Lipinski definition) is 7. The number of unbranched alkanes of at least 4 members (excludes halogenated alkanes) is 54. The van der Waals surface area contributed by atoms with Gasteiger partial charge in [0, 0.05) is 12.8 Å². The Kier molecular flexibility index (Phi) is 72.8. The van der Waals surface area contributed by atoms with E-state index in [1.54, 1.807) is 0 Å². The first-order chi connectivity index (χ1) is 45.6. The Bertz CT molecular complexity index is 1670. The topological polar surface area (TPSA) is 108 Å². The summed E-state index contributed by atoms with van der Waals surface area (Å²) in [5, 5.41) is 9.78. The first-order valence-corrected chi connectivity index (χ1v) is 40.8. The number of nitrogens with zero attached hydrogens (tertiary/aromatic N) is 1. The molecular weight excluding hydrogens is 1150 g/mol. The maximum atomic E-state index is 13.0. The van der Waals surface area contributed by atoms with Crippen molar-refractivity contribution in [1.82, 2.24) is 0 Å². The molecule has 93 heavy (non-hydrogen) atoms. The smallest absolute Gasteiger partial charge is 0.361 e. The highest BCUT2D eigenvalue weighted by molar-refractivity contribution is 5.71. The summed E-state index contributed by atoms with van der Waals surface area (Å²) in [6, 6.07) is 0. The van der Waals surface area contributed by atoms with Gasteiger partial charge < -0.3 is 28.5 Å². The Hall–Kier alpha value is -2.75. The van der Waals surface area contributed by atoms with E-state index >= 15 is 0 Å². The Morgan fingerprint density at radius 1 is 0.323 bits per heavy atom. The number of aliphatic carboxylic acids is 1. The number of hydrogen-bond donors (Lipinski definition) is 1. The molecule has 0 aliphatic heterocycles. The van der Waals surface area contributed by atoms with E-state index in [2.05, 4.69) is 62.5 Å². The van der Waals surface area contributed by atoms with Gasteiger partial charge in [0.15, 0.2) is 6.10 Å². The van der Waals surface area contributed by atoms with Crippen LogP contribution in [0, 0.1) is 0 Å². The Balaban J connectivity index is 3.97. The molecule has 0 aromatic rings. The summed E-state index contributed by atoms with van der Waals surface area (Å²) in [5.41, 5.74) is 0. The van der Waals surface area contributed by atoms with E-state index in [1.165, 1.54) is 334 Å². The molecule has 0 saturated carbocycles. The lowest BCUT2D eigenvalue weighted by Gasteiger charge is -2.25. The summed E-state index contributed by atoms with van der Waals surface area (Å²) in [6.07, 6.45) is 95.6. The summed E-state index contributed by atoms with van der Waals surface area (Å²) in [5.74, 6) is -1.97. The quantitative estimate of drug-likeness (QED) is 0.0211. The van der Waals surface area contributed by atoms with Gasteiger partial charge in [-0.2, -0.15) is 0 Å². The molecule has 0 radical (unpaired) electrons. The number of ether oxygens (including phenoxy) is 4. The van der Waals surface area contributed by atoms with Crippen LogP contribution in [0.25, 0.3) is 0 Å². The summed E-state index contributed by atoms with van der Waals surface area (Å²) in [4.78, 5) is 37.7. The van der Waals surface area contributed by atoms with Gasteiger partial charge >= 0.3 is 17.9 Å². The molecule has 9 heteroatoms. The second-order valence-corrected chi connectivity index (χ2v) is 29.1. The predicted octanol–water partition coefficient (Wildman–Crippen LogP) is 26.0. The van der Waals surface area contributed by atoms with Crippen LogP contribution in [0.4, 0.5) is 0 Å². The molecule has 0 saturated heterocycles. The summed E-state index contributed by atoms with van der Waals surface area (Å²) < 4.78 is 23.1. The van der Waals surface area contributed by atoms with E-state index in [4.69, 9.17) is 18.9 Å². The number of carbonyl (C=O) groups is 3. The average Bonchev–Trinajstić information content (AvgIpc) is 3.73. The van der Waals surface area contributed by atoms with Crippen LogP contribution in [0.1, 0.15) is 412 Å². The third-order valence-electron chi connectivity index (χ3n) is 18.6. The molecule has 0 bridgehead atoms. The molecule has 0 aliphatic carbocycles. The number of esters is 2. The van der Waals surface area contributed by atoms with E-state index in [-0.39, 0.29) is 38.2 Å². The van der Waals surface area contributed by atoms with Gasteiger partial charge in [-0.1, -0.05) is 371 Å². The van der Waals surface area contributed by atoms with Gasteiger partial charge in [0.2, 0.25) is 0 Å². The number of carboxylic acids is 1. The number of rotatable bonds is 77. The number of carbonyl (C=O) groups excluding carboxylic acids is 2. The Morgan fingerprint density at radius 3 is 0.871 bits per heavy atom. The van der Waals surface area contributed by atoms with Gasteiger partial charge in [-0.15, -0.1) is 0 Å². The largest absolute Gasteiger partial charge is 0.477 e. The van der Waals surface area contributed by atoms with E-state index in [9.17, 15) is 19.5 Å². The van der Waals surface area contributed by atoms with Crippen molar-refractivity contribution < 1.29 is 42.9 Å². The van der Waals surface area contributed by atoms with Crippen molar-refractivity contribution in [3.8, 4) is 0 Å². The SMILES string of the molecule is CCCCCCC/C=C\C/C=C\C/C=C\CCCCCCCCCCCCCCCCCCCCCCCCC(=O)OC(COC(=O)CCCCCCCCCCCCCCCCCCCCC/C=C\CCCCCCCCCC)COC(OCC[N+](C)(C)C)C(=O)O. The van der Waals surface area contributed by atoms with E-state index in [1.807, 2.05) is 21.1 Å². The lowest BCUT2D eigenvalue weighted by Crippen LogP contribution is -2.40. The van der Waals surface area contributed by atoms with Crippen molar-refractivity contribution in [3.05, 3.63) is 48.6 Å². The van der Waals surface area contributed by atoms with Crippen molar-refractivity contribution in [3.63, 3.8) is 0 Å². The van der Waals surface area contributed by atoms with Crippen molar-refractivity contribution in [1.29, 1.82) is 0 Å². The normalized spacial score (nSPS) is 12.8. The molecule has 0 amide bonds. The first-order valence-electron chi connectivity index (χ1n) is 40.8. The van der Waals surface area contributed by atoms with Crippen LogP contribution in [-0.4, -0.2) is 87.4 Å². The Labute approximate surface area is 578 Å². The van der Waals surface area contributed by atoms with E-state index in [0.29, 0.717) is 17.4 Å². The fraction of sp³-hybridized carbons (Fsp3) is 0.869. The molecule has 2 atom stereocenters. The van der Waals surface area contributed by atoms with Gasteiger partial charge in [0.05, 0.1) is 34.4 Å². The van der Waals surface area contributed by atoms with Crippen LogP contribution >= 0.6 is 0 Å². The van der Waals surface area contributed by atoms with Crippen molar-refractivity contribution in [2.75, 3.05) is 47.5 Å². The third kappa shape index (κ3) is 76.5. The molecule has 2 unspecified atom stereocenters. The maximum absolute atomic E-state index is 13.0. The summed E-state index contributed by atoms with van der Waals surface area (Å²) in [6.45, 7) is 4.94. The zero-order valence-electron chi connectivity index (χ0n) is 62.7. The van der Waals surface area contributed by atoms with E-state index < -0.39 is 18.4 Å². The minimum absolute atomic E-state index is 0.176. The predicted molar refractivity (Wildman–Crippen MR) is 401 cm³/mol. The van der Waals surface area contributed by atoms with Gasteiger partial charge in [0.1, 0.15) is 13.2 Å². The van der Waals surface area contributed by atoms with Crippen molar-refractivity contribution >= 4 is 17.9 Å². The van der Waals surface area contributed by atoms with Crippen LogP contribution in [0.2, 0.25) is 0 Å². The molecular formula is C84H158NO8+. The highest BCUT2D eigenvalue weighted by Crippen LogP contribution is 2.20. The summed E-state index contributed by atoms with van der Waals surface area (Å²) in [7, 11) is 6.00. The van der Waals surface area contributed by atoms with Crippen LogP contribution in [-0.2, 0) is 33.3 Å². The first kappa shape index (κ1) is 90.2. The zero-order chi connectivity index (χ0) is 67.5. The molecule has 0 aliphatic rings. The van der Waals surface area contributed by atoms with Crippen molar-refractivity contribution in [2.24, 2.45) is 0 Å². The molecule has 9 nitrogen and oxygen atoms in total.